The van der Waals surface area contributed by atoms with Crippen LogP contribution in [-0.4, -0.2) is 61.5 Å². The largest absolute Gasteiger partial charge is 0.480 e. The molecule has 1 fully saturated rings. The van der Waals surface area contributed by atoms with Crippen LogP contribution >= 0.6 is 0 Å². The van der Waals surface area contributed by atoms with Gasteiger partial charge in [-0.25, -0.2) is 9.59 Å². The first-order valence-corrected chi connectivity index (χ1v) is 11.4. The summed E-state index contributed by atoms with van der Waals surface area (Å²) in [5.41, 5.74) is 4.10. The molecule has 0 spiro atoms. The normalized spacial score (nSPS) is 22.5. The van der Waals surface area contributed by atoms with E-state index in [-0.39, 0.29) is 12.5 Å². The van der Waals surface area contributed by atoms with Crippen LogP contribution in [0.25, 0.3) is 11.1 Å². The molecule has 2 N–H and O–H groups in total. The summed E-state index contributed by atoms with van der Waals surface area (Å²) in [6.07, 6.45) is 1.75. The fourth-order valence-corrected chi connectivity index (χ4v) is 5.83. The quantitative estimate of drug-likeness (QED) is 0.663. The van der Waals surface area contributed by atoms with Crippen LogP contribution < -0.4 is 5.32 Å². The van der Waals surface area contributed by atoms with E-state index in [0.29, 0.717) is 13.0 Å². The van der Waals surface area contributed by atoms with Crippen LogP contribution in [0.5, 0.6) is 0 Å². The molecular formula is C26H33N2O4+. The van der Waals surface area contributed by atoms with Crippen LogP contribution in [0.15, 0.2) is 48.5 Å². The number of aliphatic carboxylic acids is 1. The third-order valence-corrected chi connectivity index (χ3v) is 7.35. The summed E-state index contributed by atoms with van der Waals surface area (Å²) < 4.78 is 6.39. The molecule has 0 bridgehead atoms. The van der Waals surface area contributed by atoms with Gasteiger partial charge in [0, 0.05) is 5.92 Å². The molecule has 0 radical (unpaired) electrons. The molecule has 0 unspecified atom stereocenters. The topological polar surface area (TPSA) is 75.6 Å². The second-order valence-electron chi connectivity index (χ2n) is 9.88. The molecule has 4 rings (SSSR count). The maximum atomic E-state index is 12.8. The first kappa shape index (κ1) is 22.3. The minimum absolute atomic E-state index is 0.0538. The van der Waals surface area contributed by atoms with E-state index in [9.17, 15) is 14.7 Å². The molecule has 1 amide bonds. The molecular weight excluding hydrogens is 404 g/mol. The summed E-state index contributed by atoms with van der Waals surface area (Å²) in [5, 5.41) is 12.7. The number of nitrogens with zero attached hydrogens (tertiary/aromatic N) is 1. The van der Waals surface area contributed by atoms with Gasteiger partial charge in [0.15, 0.2) is 0 Å². The fourth-order valence-electron chi connectivity index (χ4n) is 5.83. The van der Waals surface area contributed by atoms with Gasteiger partial charge in [-0.3, -0.25) is 0 Å². The first-order valence-electron chi connectivity index (χ1n) is 11.4. The average Bonchev–Trinajstić information content (AvgIpc) is 3.09. The summed E-state index contributed by atoms with van der Waals surface area (Å²) in [4.78, 5) is 25.0. The van der Waals surface area contributed by atoms with Gasteiger partial charge < -0.3 is 19.6 Å². The lowest BCUT2D eigenvalue weighted by Gasteiger charge is -2.48. The Kier molecular flexibility index (Phi) is 5.99. The van der Waals surface area contributed by atoms with E-state index >= 15 is 0 Å². The molecule has 0 saturated carbocycles. The molecule has 1 aliphatic carbocycles. The number of carboxylic acids is 1. The lowest BCUT2D eigenvalue weighted by molar-refractivity contribution is -0.903. The third kappa shape index (κ3) is 4.11. The monoisotopic (exact) mass is 437 g/mol. The molecule has 6 nitrogen and oxygen atoms in total. The molecule has 32 heavy (non-hydrogen) atoms. The number of amides is 1. The lowest BCUT2D eigenvalue weighted by atomic mass is 9.71. The molecule has 2 atom stereocenters. The van der Waals surface area contributed by atoms with Crippen molar-refractivity contribution in [3.05, 3.63) is 59.7 Å². The lowest BCUT2D eigenvalue weighted by Crippen LogP contribution is -2.62. The second kappa shape index (κ2) is 8.58. The molecule has 1 heterocycles. The Labute approximate surface area is 189 Å². The van der Waals surface area contributed by atoms with E-state index in [4.69, 9.17) is 4.74 Å². The van der Waals surface area contributed by atoms with E-state index in [0.717, 1.165) is 46.1 Å². The average molecular weight is 438 g/mol. The molecule has 6 heteroatoms. The molecule has 170 valence electrons. The number of ether oxygens (including phenoxy) is 1. The summed E-state index contributed by atoms with van der Waals surface area (Å²) in [6, 6.07) is 15.3. The predicted molar refractivity (Wildman–Crippen MR) is 123 cm³/mol. The fraction of sp³-hybridized carbons (Fsp3) is 0.462. The second-order valence-corrected chi connectivity index (χ2v) is 9.88. The molecule has 0 aromatic heterocycles. The number of nitrogens with one attached hydrogen (secondary N) is 1. The smallest absolute Gasteiger partial charge is 0.407 e. The van der Waals surface area contributed by atoms with Crippen LogP contribution in [0.4, 0.5) is 4.79 Å². The van der Waals surface area contributed by atoms with Crippen molar-refractivity contribution < 1.29 is 23.9 Å². The number of rotatable bonds is 6. The van der Waals surface area contributed by atoms with Crippen LogP contribution in [0, 0.1) is 5.41 Å². The van der Waals surface area contributed by atoms with Crippen molar-refractivity contribution in [2.75, 3.05) is 33.8 Å². The van der Waals surface area contributed by atoms with Gasteiger partial charge in [0.1, 0.15) is 12.6 Å². The molecule has 2 aromatic rings. The zero-order chi connectivity index (χ0) is 22.9. The maximum Gasteiger partial charge on any atom is 0.407 e. The maximum absolute atomic E-state index is 12.8. The van der Waals surface area contributed by atoms with Gasteiger partial charge in [-0.2, -0.15) is 0 Å². The van der Waals surface area contributed by atoms with Gasteiger partial charge in [-0.15, -0.1) is 0 Å². The first-order chi connectivity index (χ1) is 15.3. The zero-order valence-corrected chi connectivity index (χ0v) is 19.1. The highest BCUT2D eigenvalue weighted by atomic mass is 16.5. The highest BCUT2D eigenvalue weighted by molar-refractivity contribution is 5.81. The van der Waals surface area contributed by atoms with Crippen molar-refractivity contribution in [2.45, 2.75) is 38.1 Å². The minimum Gasteiger partial charge on any atom is -0.480 e. The number of piperidine rings is 1. The van der Waals surface area contributed by atoms with Crippen molar-refractivity contribution in [1.29, 1.82) is 0 Å². The highest BCUT2D eigenvalue weighted by Gasteiger charge is 2.49. The van der Waals surface area contributed by atoms with Crippen molar-refractivity contribution >= 4 is 12.1 Å². The third-order valence-electron chi connectivity index (χ3n) is 7.35. The van der Waals surface area contributed by atoms with Crippen molar-refractivity contribution in [2.24, 2.45) is 5.41 Å². The number of carboxylic acid groups (broad SMARTS) is 1. The Hall–Kier alpha value is -2.86. The van der Waals surface area contributed by atoms with E-state index in [1.807, 2.05) is 31.2 Å². The number of fused-ring (bicyclic) bond motifs is 3. The van der Waals surface area contributed by atoms with E-state index < -0.39 is 23.5 Å². The number of carbonyl (C=O) groups is 2. The van der Waals surface area contributed by atoms with Gasteiger partial charge in [0.25, 0.3) is 0 Å². The van der Waals surface area contributed by atoms with Crippen molar-refractivity contribution in [3.63, 3.8) is 0 Å². The van der Waals surface area contributed by atoms with Crippen LogP contribution in [0.3, 0.4) is 0 Å². The van der Waals surface area contributed by atoms with Gasteiger partial charge >= 0.3 is 12.1 Å². The number of hydrogen-bond acceptors (Lipinski definition) is 3. The predicted octanol–water partition coefficient (Wildman–Crippen LogP) is 4.24. The zero-order valence-electron chi connectivity index (χ0n) is 19.1. The van der Waals surface area contributed by atoms with E-state index in [2.05, 4.69) is 43.7 Å². The number of quaternary nitrogens is 1. The number of alkyl carbamates (subject to hydrolysis) is 1. The minimum atomic E-state index is -0.998. The molecule has 2 aromatic carbocycles. The van der Waals surface area contributed by atoms with Gasteiger partial charge in [0.2, 0.25) is 0 Å². The van der Waals surface area contributed by atoms with Crippen LogP contribution in [0.2, 0.25) is 0 Å². The number of benzene rings is 2. The van der Waals surface area contributed by atoms with Crippen molar-refractivity contribution in [3.8, 4) is 11.1 Å². The Bertz CT molecular complexity index is 973. The Morgan fingerprint density at radius 2 is 1.72 bits per heavy atom. The van der Waals surface area contributed by atoms with E-state index in [1.165, 1.54) is 0 Å². The van der Waals surface area contributed by atoms with Gasteiger partial charge in [-0.05, 0) is 41.5 Å². The Balaban J connectivity index is 1.49. The Morgan fingerprint density at radius 3 is 2.25 bits per heavy atom. The SMILES string of the molecule is CC[C@]1([C@H](NC(=O)OCC2c3ccccc3-c3ccccc32)C(=O)O)CCC[N+](C)(C)C1. The summed E-state index contributed by atoms with van der Waals surface area (Å²) in [6.45, 7) is 3.91. The standard InChI is InChI=1S/C26H32N2O4/c1-4-26(14-9-15-28(2,3)17-26)23(24(29)30)27-25(31)32-16-22-20-12-7-5-10-18(20)19-11-6-8-13-21(19)22/h5-8,10-13,22-23H,4,9,14-17H2,1-3H3,(H-,27,29,30,31)/p+1/t23-,26+/m1/s1. The van der Waals surface area contributed by atoms with Crippen LogP contribution in [0.1, 0.15) is 43.2 Å². The van der Waals surface area contributed by atoms with Crippen molar-refractivity contribution in [1.82, 2.24) is 5.32 Å². The van der Waals surface area contributed by atoms with Gasteiger partial charge in [0.05, 0.1) is 32.6 Å². The summed E-state index contributed by atoms with van der Waals surface area (Å²) >= 11 is 0. The van der Waals surface area contributed by atoms with Crippen LogP contribution in [-0.2, 0) is 9.53 Å². The number of likely N-dealkylation sites (tertiary alicyclic amines) is 1. The van der Waals surface area contributed by atoms with Gasteiger partial charge in [-0.1, -0.05) is 55.5 Å². The molecule has 2 aliphatic rings. The summed E-state index contributed by atoms with van der Waals surface area (Å²) in [5.74, 6) is -1.05. The summed E-state index contributed by atoms with van der Waals surface area (Å²) in [7, 11) is 4.24. The highest BCUT2D eigenvalue weighted by Crippen LogP contribution is 2.44. The number of hydrogen-bond donors (Lipinski definition) is 2. The number of carbonyl (C=O) groups excluding carboxylic acids is 1. The van der Waals surface area contributed by atoms with E-state index in [1.54, 1.807) is 0 Å². The molecule has 1 saturated heterocycles. The molecule has 1 aliphatic heterocycles. The Morgan fingerprint density at radius 1 is 1.12 bits per heavy atom.